The average Bonchev–Trinajstić information content (AvgIpc) is 3.05. The second kappa shape index (κ2) is 6.92. The van der Waals surface area contributed by atoms with Crippen LogP contribution in [0.5, 0.6) is 0 Å². The van der Waals surface area contributed by atoms with Crippen molar-refractivity contribution >= 4 is 5.78 Å². The summed E-state index contributed by atoms with van der Waals surface area (Å²) in [5.41, 5.74) is 1.22. The molecule has 0 N–H and O–H groups in total. The molecule has 2 heteroatoms. The van der Waals surface area contributed by atoms with Gasteiger partial charge in [0.2, 0.25) is 0 Å². The van der Waals surface area contributed by atoms with Gasteiger partial charge in [0.25, 0.3) is 0 Å². The summed E-state index contributed by atoms with van der Waals surface area (Å²) in [5, 5.41) is 0. The van der Waals surface area contributed by atoms with E-state index in [1.807, 2.05) is 6.07 Å². The Bertz CT molecular complexity index is 801. The molecular weight excluding hydrogens is 359 g/mol. The summed E-state index contributed by atoms with van der Waals surface area (Å²) in [5.74, 6) is 4.13. The summed E-state index contributed by atoms with van der Waals surface area (Å²) in [7, 11) is 0. The highest BCUT2D eigenvalue weighted by Crippen LogP contribution is 2.68. The van der Waals surface area contributed by atoms with E-state index in [-0.39, 0.29) is 22.9 Å². The number of carbonyl (C=O) groups is 1. The molecule has 1 nitrogen and oxygen atoms in total. The summed E-state index contributed by atoms with van der Waals surface area (Å²) >= 11 is 0. The normalized spacial score (nSPS) is 46.5. The molecule has 4 aliphatic rings. The molecule has 1 aromatic rings. The van der Waals surface area contributed by atoms with Crippen molar-refractivity contribution in [1.82, 2.24) is 0 Å². The number of carbonyl (C=O) groups excluding carboxylic acids is 1. The minimum atomic E-state index is -0.294. The molecule has 5 rings (SSSR count). The van der Waals surface area contributed by atoms with Crippen LogP contribution in [0.4, 0.5) is 4.39 Å². The minimum Gasteiger partial charge on any atom is -0.294 e. The number of rotatable bonds is 2. The van der Waals surface area contributed by atoms with Gasteiger partial charge in [-0.3, -0.25) is 4.79 Å². The Balaban J connectivity index is 1.40. The van der Waals surface area contributed by atoms with Crippen molar-refractivity contribution in [1.29, 1.82) is 0 Å². The second-order valence-corrected chi connectivity index (χ2v) is 11.6. The molecule has 0 aliphatic heterocycles. The third-order valence-corrected chi connectivity index (χ3v) is 10.4. The number of hydrogen-bond donors (Lipinski definition) is 0. The first kappa shape index (κ1) is 19.8. The Morgan fingerprint density at radius 1 is 0.966 bits per heavy atom. The van der Waals surface area contributed by atoms with Gasteiger partial charge >= 0.3 is 0 Å². The number of hydrogen-bond acceptors (Lipinski definition) is 1. The van der Waals surface area contributed by atoms with E-state index in [2.05, 4.69) is 20.8 Å². The molecule has 29 heavy (non-hydrogen) atoms. The summed E-state index contributed by atoms with van der Waals surface area (Å²) in [4.78, 5) is 13.4. The Morgan fingerprint density at radius 2 is 1.72 bits per heavy atom. The van der Waals surface area contributed by atoms with Crippen molar-refractivity contribution in [3.8, 4) is 0 Å². The molecule has 0 amide bonds. The van der Waals surface area contributed by atoms with Gasteiger partial charge in [-0.1, -0.05) is 39.3 Å². The number of fused-ring (bicyclic) bond motifs is 5. The van der Waals surface area contributed by atoms with E-state index in [4.69, 9.17) is 0 Å². The zero-order valence-electron chi connectivity index (χ0n) is 18.4. The van der Waals surface area contributed by atoms with E-state index >= 15 is 0 Å². The van der Waals surface area contributed by atoms with Crippen LogP contribution < -0.4 is 0 Å². The molecule has 4 aliphatic carbocycles. The number of ketones is 1. The molecule has 158 valence electrons. The lowest BCUT2D eigenvalue weighted by atomic mass is 9.44. The van der Waals surface area contributed by atoms with Crippen LogP contribution in [0.2, 0.25) is 0 Å². The predicted octanol–water partition coefficient (Wildman–Crippen LogP) is 7.30. The summed E-state index contributed by atoms with van der Waals surface area (Å²) in [6, 6.07) is 6.37. The average molecular weight is 397 g/mol. The fourth-order valence-corrected chi connectivity index (χ4v) is 8.75. The van der Waals surface area contributed by atoms with Crippen LogP contribution in [0.15, 0.2) is 24.3 Å². The lowest BCUT2D eigenvalue weighted by Crippen LogP contribution is -2.53. The van der Waals surface area contributed by atoms with Gasteiger partial charge in [-0.15, -0.1) is 0 Å². The molecular formula is C27H37FO. The van der Waals surface area contributed by atoms with Crippen molar-refractivity contribution in [2.45, 2.75) is 78.6 Å². The molecule has 0 heterocycles. The first-order chi connectivity index (χ1) is 13.8. The van der Waals surface area contributed by atoms with Crippen molar-refractivity contribution in [3.63, 3.8) is 0 Å². The van der Waals surface area contributed by atoms with E-state index in [1.165, 1.54) is 63.5 Å². The van der Waals surface area contributed by atoms with E-state index in [9.17, 15) is 9.18 Å². The SMILES string of the molecule is CC1CC[C@@]2(C)C(CCC3C2CC[C@]2(C)C(C(=O)c4cccc(F)c4)CCC32)C1. The first-order valence-corrected chi connectivity index (χ1v) is 12.1. The van der Waals surface area contributed by atoms with E-state index in [0.29, 0.717) is 16.9 Å². The van der Waals surface area contributed by atoms with E-state index in [0.717, 1.165) is 30.1 Å². The molecule has 0 spiro atoms. The van der Waals surface area contributed by atoms with Crippen molar-refractivity contribution in [3.05, 3.63) is 35.6 Å². The maximum atomic E-state index is 13.7. The van der Waals surface area contributed by atoms with Crippen LogP contribution in [0.25, 0.3) is 0 Å². The van der Waals surface area contributed by atoms with Gasteiger partial charge < -0.3 is 0 Å². The van der Waals surface area contributed by atoms with Crippen LogP contribution in [0.1, 0.15) is 88.9 Å². The maximum absolute atomic E-state index is 13.7. The highest BCUT2D eigenvalue weighted by atomic mass is 19.1. The van der Waals surface area contributed by atoms with Gasteiger partial charge in [-0.25, -0.2) is 4.39 Å². The van der Waals surface area contributed by atoms with E-state index in [1.54, 1.807) is 6.07 Å². The number of halogens is 1. The predicted molar refractivity (Wildman–Crippen MR) is 115 cm³/mol. The molecule has 6 unspecified atom stereocenters. The summed E-state index contributed by atoms with van der Waals surface area (Å²) in [6.07, 6.45) is 11.7. The van der Waals surface area contributed by atoms with Crippen LogP contribution in [0.3, 0.4) is 0 Å². The molecule has 0 bridgehead atoms. The van der Waals surface area contributed by atoms with E-state index < -0.39 is 0 Å². The van der Waals surface area contributed by atoms with Crippen molar-refractivity contribution < 1.29 is 9.18 Å². The second-order valence-electron chi connectivity index (χ2n) is 11.6. The molecule has 4 fully saturated rings. The Kier molecular flexibility index (Phi) is 4.72. The monoisotopic (exact) mass is 396 g/mol. The molecule has 0 radical (unpaired) electrons. The standard InChI is InChI=1S/C27H37FO/c1-17-11-13-26(2)19(15-17)7-8-21-22-9-10-24(27(22,3)14-12-23(21)26)25(29)18-5-4-6-20(28)16-18/h4-6,16-17,19,21-24H,7-15H2,1-3H3/t17?,19?,21?,22?,23?,24?,26-,27-/m0/s1. The van der Waals surface area contributed by atoms with Crippen molar-refractivity contribution in [2.75, 3.05) is 0 Å². The van der Waals surface area contributed by atoms with Gasteiger partial charge in [0.05, 0.1) is 0 Å². The van der Waals surface area contributed by atoms with Crippen molar-refractivity contribution in [2.24, 2.45) is 46.3 Å². The van der Waals surface area contributed by atoms with Crippen LogP contribution >= 0.6 is 0 Å². The van der Waals surface area contributed by atoms with Crippen LogP contribution in [0, 0.1) is 52.2 Å². The van der Waals surface area contributed by atoms with Gasteiger partial charge in [-0.05, 0) is 104 Å². The molecule has 1 aromatic carbocycles. The quantitative estimate of drug-likeness (QED) is 0.479. The zero-order chi connectivity index (χ0) is 20.4. The highest BCUT2D eigenvalue weighted by Gasteiger charge is 2.61. The third kappa shape index (κ3) is 2.95. The lowest BCUT2D eigenvalue weighted by molar-refractivity contribution is -0.114. The minimum absolute atomic E-state index is 0.0761. The fraction of sp³-hybridized carbons (Fsp3) is 0.741. The lowest BCUT2D eigenvalue weighted by Gasteiger charge is -2.61. The molecule has 0 aromatic heterocycles. The third-order valence-electron chi connectivity index (χ3n) is 10.4. The largest absolute Gasteiger partial charge is 0.294 e. The Morgan fingerprint density at radius 3 is 2.52 bits per heavy atom. The smallest absolute Gasteiger partial charge is 0.166 e. The van der Waals surface area contributed by atoms with Gasteiger partial charge in [-0.2, -0.15) is 0 Å². The van der Waals surface area contributed by atoms with Crippen LogP contribution in [-0.2, 0) is 0 Å². The molecule has 8 atom stereocenters. The summed E-state index contributed by atoms with van der Waals surface area (Å²) in [6.45, 7) is 7.47. The fourth-order valence-electron chi connectivity index (χ4n) is 8.75. The molecule has 0 saturated heterocycles. The first-order valence-electron chi connectivity index (χ1n) is 12.1. The highest BCUT2D eigenvalue weighted by molar-refractivity contribution is 5.98. The van der Waals surface area contributed by atoms with Gasteiger partial charge in [0.1, 0.15) is 5.82 Å². The van der Waals surface area contributed by atoms with Crippen LogP contribution in [-0.4, -0.2) is 5.78 Å². The van der Waals surface area contributed by atoms with Gasteiger partial charge in [0.15, 0.2) is 5.78 Å². The number of benzene rings is 1. The molecule has 4 saturated carbocycles. The Labute approximate surface area is 175 Å². The maximum Gasteiger partial charge on any atom is 0.166 e. The Hall–Kier alpha value is -1.18. The zero-order valence-corrected chi connectivity index (χ0v) is 18.4. The summed E-state index contributed by atoms with van der Waals surface area (Å²) < 4.78 is 13.7. The topological polar surface area (TPSA) is 17.1 Å². The van der Waals surface area contributed by atoms with Gasteiger partial charge in [0, 0.05) is 11.5 Å². The number of Topliss-reactive ketones (excluding diaryl/α,β-unsaturated/α-hetero) is 1.